The van der Waals surface area contributed by atoms with Gasteiger partial charge in [-0.3, -0.25) is 9.78 Å². The Hall–Kier alpha value is -3.90. The van der Waals surface area contributed by atoms with Gasteiger partial charge in [-0.1, -0.05) is 13.8 Å². The molecule has 0 bridgehead atoms. The molecule has 1 fully saturated rings. The number of hydrogen-bond donors (Lipinski definition) is 3. The number of carboxylic acids is 1. The number of halogens is 3. The number of carbonyl (C=O) groups is 1. The summed E-state index contributed by atoms with van der Waals surface area (Å²) in [4.78, 5) is 28.6. The molecule has 2 atom stereocenters. The fraction of sp³-hybridized carbons (Fsp3) is 0.321. The number of benzene rings is 1. The van der Waals surface area contributed by atoms with Crippen LogP contribution in [0.4, 0.5) is 24.8 Å². The number of carboxylic acid groups (broad SMARTS) is 1. The predicted molar refractivity (Wildman–Crippen MR) is 144 cm³/mol. The molecule has 0 amide bonds. The van der Waals surface area contributed by atoms with Gasteiger partial charge in [-0.2, -0.15) is 13.2 Å². The number of aliphatic hydroxyl groups is 1. The Kier molecular flexibility index (Phi) is 7.09. The van der Waals surface area contributed by atoms with Crippen LogP contribution in [-0.2, 0) is 16.6 Å². The van der Waals surface area contributed by atoms with Gasteiger partial charge in [0.1, 0.15) is 16.3 Å². The topological polar surface area (TPSA) is 121 Å². The molecule has 3 N–H and O–H groups in total. The molecule has 0 unspecified atom stereocenters. The summed E-state index contributed by atoms with van der Waals surface area (Å²) in [5.74, 6) is -1.63. The van der Waals surface area contributed by atoms with E-state index < -0.39 is 34.8 Å². The first-order valence-electron chi connectivity index (χ1n) is 12.5. The molecule has 40 heavy (non-hydrogen) atoms. The summed E-state index contributed by atoms with van der Waals surface area (Å²) in [6.45, 7) is 3.69. The summed E-state index contributed by atoms with van der Waals surface area (Å²) in [6, 6.07) is 9.87. The van der Waals surface area contributed by atoms with Crippen molar-refractivity contribution in [2.75, 3.05) is 5.32 Å². The maximum Gasteiger partial charge on any atom is 0.433 e. The summed E-state index contributed by atoms with van der Waals surface area (Å²) < 4.78 is 39.6. The summed E-state index contributed by atoms with van der Waals surface area (Å²) in [6.07, 6.45) is 2.21. The van der Waals surface area contributed by atoms with Crippen LogP contribution in [0, 0.1) is 11.3 Å². The zero-order chi connectivity index (χ0) is 28.7. The first kappa shape index (κ1) is 27.7. The third-order valence-corrected chi connectivity index (χ3v) is 8.41. The van der Waals surface area contributed by atoms with Crippen LogP contribution in [0.15, 0.2) is 61.2 Å². The first-order chi connectivity index (χ1) is 18.8. The number of aliphatic carboxylic acids is 1. The average Bonchev–Trinajstić information content (AvgIpc) is 3.40. The van der Waals surface area contributed by atoms with Crippen molar-refractivity contribution in [3.8, 4) is 21.6 Å². The van der Waals surface area contributed by atoms with Crippen molar-refractivity contribution in [2.45, 2.75) is 44.9 Å². The number of hydrogen-bond acceptors (Lipinski definition) is 8. The monoisotopic (exact) mass is 569 g/mol. The number of anilines is 2. The number of rotatable bonds is 6. The molecule has 0 radical (unpaired) electrons. The number of pyridine rings is 1. The van der Waals surface area contributed by atoms with E-state index in [0.29, 0.717) is 17.1 Å². The van der Waals surface area contributed by atoms with E-state index >= 15 is 0 Å². The van der Waals surface area contributed by atoms with E-state index in [4.69, 9.17) is 0 Å². The van der Waals surface area contributed by atoms with Crippen molar-refractivity contribution in [3.63, 3.8) is 0 Å². The van der Waals surface area contributed by atoms with E-state index in [2.05, 4.69) is 25.3 Å². The summed E-state index contributed by atoms with van der Waals surface area (Å²) >= 11 is 1.30. The molecule has 1 aromatic carbocycles. The molecule has 8 nitrogen and oxygen atoms in total. The number of nitrogens with one attached hydrogen (secondary N) is 1. The highest BCUT2D eigenvalue weighted by atomic mass is 32.1. The van der Waals surface area contributed by atoms with Crippen LogP contribution in [0.2, 0.25) is 0 Å². The zero-order valence-corrected chi connectivity index (χ0v) is 22.4. The lowest BCUT2D eigenvalue weighted by Crippen LogP contribution is -2.44. The maximum atomic E-state index is 13.2. The molecule has 1 aliphatic carbocycles. The van der Waals surface area contributed by atoms with Crippen LogP contribution in [0.25, 0.3) is 21.6 Å². The van der Waals surface area contributed by atoms with Crippen LogP contribution < -0.4 is 5.32 Å². The van der Waals surface area contributed by atoms with Gasteiger partial charge in [-0.15, -0.1) is 11.3 Å². The maximum absolute atomic E-state index is 13.2. The molecule has 3 aromatic heterocycles. The van der Waals surface area contributed by atoms with Gasteiger partial charge in [0.25, 0.3) is 0 Å². The van der Waals surface area contributed by atoms with Crippen LogP contribution in [0.1, 0.15) is 43.8 Å². The van der Waals surface area contributed by atoms with E-state index in [1.807, 2.05) is 32.0 Å². The minimum Gasteiger partial charge on any atom is -0.481 e. The van der Waals surface area contributed by atoms with Gasteiger partial charge < -0.3 is 15.5 Å². The van der Waals surface area contributed by atoms with Gasteiger partial charge in [0, 0.05) is 30.5 Å². The molecule has 5 rings (SSSR count). The van der Waals surface area contributed by atoms with Crippen molar-refractivity contribution in [3.05, 3.63) is 71.9 Å². The largest absolute Gasteiger partial charge is 0.481 e. The van der Waals surface area contributed by atoms with Crippen molar-refractivity contribution >= 4 is 28.9 Å². The van der Waals surface area contributed by atoms with E-state index in [1.54, 1.807) is 30.7 Å². The predicted octanol–water partition coefficient (Wildman–Crippen LogP) is 6.52. The molecule has 3 heterocycles. The highest BCUT2D eigenvalue weighted by molar-refractivity contribution is 7.15. The molecule has 12 heteroatoms. The SMILES string of the molecule is CC1(C)C[C@@](O)(c2ncc(-c3cc(Nc4nccc(C(F)(F)F)n4)cc(-c4ccncc4)c3)s2)CC[C@@H]1C(=O)O. The summed E-state index contributed by atoms with van der Waals surface area (Å²) in [5, 5.41) is 24.5. The quantitative estimate of drug-likeness (QED) is 0.240. The van der Waals surface area contributed by atoms with Crippen LogP contribution in [0.5, 0.6) is 0 Å². The number of thiazole rings is 1. The number of nitrogens with zero attached hydrogens (tertiary/aromatic N) is 4. The minimum atomic E-state index is -4.61. The normalized spacial score (nSPS) is 20.7. The molecule has 1 saturated carbocycles. The zero-order valence-electron chi connectivity index (χ0n) is 21.6. The van der Waals surface area contributed by atoms with E-state index in [0.717, 1.165) is 33.8 Å². The Morgan fingerprint density at radius 3 is 2.45 bits per heavy atom. The summed E-state index contributed by atoms with van der Waals surface area (Å²) in [5.41, 5.74) is -0.179. The molecular weight excluding hydrogens is 543 g/mol. The second kappa shape index (κ2) is 10.3. The fourth-order valence-corrected chi connectivity index (χ4v) is 6.28. The lowest BCUT2D eigenvalue weighted by molar-refractivity contribution is -0.154. The van der Waals surface area contributed by atoms with Crippen molar-refractivity contribution in [1.82, 2.24) is 19.9 Å². The Bertz CT molecular complexity index is 1540. The van der Waals surface area contributed by atoms with Gasteiger partial charge in [0.05, 0.1) is 10.8 Å². The molecule has 0 spiro atoms. The smallest absolute Gasteiger partial charge is 0.433 e. The lowest BCUT2D eigenvalue weighted by Gasteiger charge is -2.44. The molecule has 208 valence electrons. The van der Waals surface area contributed by atoms with Gasteiger partial charge in [-0.25, -0.2) is 15.0 Å². The number of alkyl halides is 3. The van der Waals surface area contributed by atoms with Crippen molar-refractivity contribution in [2.24, 2.45) is 11.3 Å². The lowest BCUT2D eigenvalue weighted by atomic mass is 9.63. The molecular formula is C28H26F3N5O3S. The minimum absolute atomic E-state index is 0.204. The second-order valence-corrected chi connectivity index (χ2v) is 11.6. The standard InChI is InChI=1S/C28H26F3N5O3S/c1-26(2)15-27(39,7-3-20(26)23(37)38)24-34-14-21(40-24)18-11-17(16-4-8-32-9-5-16)12-19(13-18)35-25-33-10-6-22(36-25)28(29,30)31/h4-6,8-14,20,39H,3,7,15H2,1-2H3,(H,37,38)(H,33,35,36)/t20-,27-/m1/s1. The highest BCUT2D eigenvalue weighted by Crippen LogP contribution is 2.51. The molecule has 0 aliphatic heterocycles. The average molecular weight is 570 g/mol. The van der Waals surface area contributed by atoms with E-state index in [1.165, 1.54) is 11.3 Å². The number of aromatic nitrogens is 4. The second-order valence-electron chi connectivity index (χ2n) is 10.6. The van der Waals surface area contributed by atoms with Gasteiger partial charge >= 0.3 is 12.1 Å². The van der Waals surface area contributed by atoms with Crippen LogP contribution in [-0.4, -0.2) is 36.1 Å². The summed E-state index contributed by atoms with van der Waals surface area (Å²) in [7, 11) is 0. The van der Waals surface area contributed by atoms with E-state index in [9.17, 15) is 28.2 Å². The van der Waals surface area contributed by atoms with Gasteiger partial charge in [0.15, 0.2) is 0 Å². The van der Waals surface area contributed by atoms with Crippen molar-refractivity contribution < 1.29 is 28.2 Å². The molecule has 4 aromatic rings. The third-order valence-electron chi connectivity index (χ3n) is 7.17. The Labute approximate surface area is 232 Å². The van der Waals surface area contributed by atoms with Gasteiger partial charge in [-0.05, 0) is 77.8 Å². The van der Waals surface area contributed by atoms with E-state index in [-0.39, 0.29) is 18.8 Å². The van der Waals surface area contributed by atoms with Crippen molar-refractivity contribution in [1.29, 1.82) is 0 Å². The van der Waals surface area contributed by atoms with Crippen LogP contribution >= 0.6 is 11.3 Å². The Morgan fingerprint density at radius 2 is 1.77 bits per heavy atom. The first-order valence-corrected chi connectivity index (χ1v) is 13.3. The third kappa shape index (κ3) is 5.68. The molecule has 1 aliphatic rings. The van der Waals surface area contributed by atoms with Gasteiger partial charge in [0.2, 0.25) is 5.95 Å². The Morgan fingerprint density at radius 1 is 1.05 bits per heavy atom. The Balaban J connectivity index is 1.51. The highest BCUT2D eigenvalue weighted by Gasteiger charge is 2.49. The molecule has 0 saturated heterocycles. The fourth-order valence-electron chi connectivity index (χ4n) is 5.26. The van der Waals surface area contributed by atoms with Crippen LogP contribution in [0.3, 0.4) is 0 Å².